The monoisotopic (exact) mass is 178 g/mol. The predicted octanol–water partition coefficient (Wildman–Crippen LogP) is 1.14. The molecule has 1 unspecified atom stereocenters. The number of ether oxygens (including phenoxy) is 1. The van der Waals surface area contributed by atoms with Gasteiger partial charge in [-0.25, -0.2) is 9.97 Å². The highest BCUT2D eigenvalue weighted by atomic mass is 16.5. The third-order valence-corrected chi connectivity index (χ3v) is 2.05. The minimum absolute atomic E-state index is 0.0284. The Morgan fingerprint density at radius 3 is 2.77 bits per heavy atom. The van der Waals surface area contributed by atoms with Crippen LogP contribution in [-0.2, 0) is 4.74 Å². The first-order valence-electron chi connectivity index (χ1n) is 4.29. The maximum atomic E-state index is 10.3. The summed E-state index contributed by atoms with van der Waals surface area (Å²) in [5, 5.41) is 0. The van der Waals surface area contributed by atoms with E-state index in [1.807, 2.05) is 0 Å². The number of rotatable bonds is 2. The Hall–Kier alpha value is -1.29. The summed E-state index contributed by atoms with van der Waals surface area (Å²) in [5.74, 6) is 0.683. The number of carbonyl (C=O) groups is 1. The van der Waals surface area contributed by atoms with Crippen molar-refractivity contribution in [1.29, 1.82) is 0 Å². The van der Waals surface area contributed by atoms with Crippen LogP contribution < -0.4 is 0 Å². The Labute approximate surface area is 76.0 Å². The topological polar surface area (TPSA) is 52.1 Å². The molecule has 4 nitrogen and oxygen atoms in total. The average molecular weight is 178 g/mol. The Balaban J connectivity index is 2.16. The number of aromatic nitrogens is 2. The Bertz CT molecular complexity index is 291. The van der Waals surface area contributed by atoms with Crippen molar-refractivity contribution < 1.29 is 9.53 Å². The van der Waals surface area contributed by atoms with Gasteiger partial charge in [0, 0.05) is 19.0 Å². The molecule has 0 spiro atoms. The van der Waals surface area contributed by atoms with E-state index in [-0.39, 0.29) is 6.10 Å². The van der Waals surface area contributed by atoms with Crippen LogP contribution in [0.1, 0.15) is 35.1 Å². The van der Waals surface area contributed by atoms with Gasteiger partial charge in [-0.3, -0.25) is 4.79 Å². The van der Waals surface area contributed by atoms with E-state index in [2.05, 4.69) is 9.97 Å². The fourth-order valence-corrected chi connectivity index (χ4v) is 1.36. The van der Waals surface area contributed by atoms with E-state index in [4.69, 9.17) is 4.74 Å². The van der Waals surface area contributed by atoms with E-state index in [1.165, 1.54) is 12.4 Å². The first kappa shape index (κ1) is 8.31. The maximum Gasteiger partial charge on any atom is 0.157 e. The van der Waals surface area contributed by atoms with Gasteiger partial charge in [0.2, 0.25) is 0 Å². The van der Waals surface area contributed by atoms with Crippen LogP contribution >= 0.6 is 0 Å². The fraction of sp³-hybridized carbons (Fsp3) is 0.444. The van der Waals surface area contributed by atoms with E-state index in [1.54, 1.807) is 0 Å². The van der Waals surface area contributed by atoms with Crippen molar-refractivity contribution in [2.75, 3.05) is 6.61 Å². The maximum absolute atomic E-state index is 10.3. The van der Waals surface area contributed by atoms with Crippen LogP contribution in [0.3, 0.4) is 0 Å². The summed E-state index contributed by atoms with van der Waals surface area (Å²) in [5.41, 5.74) is 0.502. The molecule has 0 aromatic carbocycles. The first-order chi connectivity index (χ1) is 6.40. The van der Waals surface area contributed by atoms with Crippen LogP contribution in [0.4, 0.5) is 0 Å². The number of aldehydes is 1. The van der Waals surface area contributed by atoms with Crippen LogP contribution in [0.15, 0.2) is 12.4 Å². The van der Waals surface area contributed by atoms with Gasteiger partial charge in [-0.2, -0.15) is 0 Å². The summed E-state index contributed by atoms with van der Waals surface area (Å²) in [6.45, 7) is 0.781. The standard InChI is InChI=1S/C9H10N2O2/c12-6-7-4-10-9(11-5-7)8-2-1-3-13-8/h4-6,8H,1-3H2. The molecule has 0 radical (unpaired) electrons. The fourth-order valence-electron chi connectivity index (χ4n) is 1.36. The van der Waals surface area contributed by atoms with Crippen LogP contribution in [-0.4, -0.2) is 22.9 Å². The number of carbonyl (C=O) groups excluding carboxylic acids is 1. The predicted molar refractivity (Wildman–Crippen MR) is 45.3 cm³/mol. The van der Waals surface area contributed by atoms with Crippen LogP contribution in [0.25, 0.3) is 0 Å². The average Bonchev–Trinajstić information content (AvgIpc) is 2.71. The molecular weight excluding hydrogens is 168 g/mol. The summed E-state index contributed by atoms with van der Waals surface area (Å²) in [4.78, 5) is 18.5. The largest absolute Gasteiger partial charge is 0.370 e. The molecule has 1 atom stereocenters. The molecule has 0 amide bonds. The Morgan fingerprint density at radius 2 is 2.23 bits per heavy atom. The van der Waals surface area contributed by atoms with E-state index in [9.17, 15) is 4.79 Å². The third-order valence-electron chi connectivity index (χ3n) is 2.05. The lowest BCUT2D eigenvalue weighted by Crippen LogP contribution is -2.02. The van der Waals surface area contributed by atoms with Gasteiger partial charge in [-0.1, -0.05) is 0 Å². The molecule has 1 aliphatic heterocycles. The zero-order valence-corrected chi connectivity index (χ0v) is 7.14. The molecule has 68 valence electrons. The molecule has 13 heavy (non-hydrogen) atoms. The minimum atomic E-state index is 0.0284. The second-order valence-corrected chi connectivity index (χ2v) is 2.99. The molecule has 1 aromatic rings. The highest BCUT2D eigenvalue weighted by molar-refractivity contribution is 5.73. The van der Waals surface area contributed by atoms with E-state index >= 15 is 0 Å². The molecule has 0 aliphatic carbocycles. The molecule has 0 saturated carbocycles. The van der Waals surface area contributed by atoms with Gasteiger partial charge in [0.1, 0.15) is 6.10 Å². The lowest BCUT2D eigenvalue weighted by atomic mass is 10.2. The van der Waals surface area contributed by atoms with Gasteiger partial charge >= 0.3 is 0 Å². The lowest BCUT2D eigenvalue weighted by molar-refractivity contribution is 0.104. The summed E-state index contributed by atoms with van der Waals surface area (Å²) >= 11 is 0. The van der Waals surface area contributed by atoms with Gasteiger partial charge in [0.15, 0.2) is 12.1 Å². The SMILES string of the molecule is O=Cc1cnc(C2CCCO2)nc1. The van der Waals surface area contributed by atoms with Crippen molar-refractivity contribution in [3.8, 4) is 0 Å². The van der Waals surface area contributed by atoms with Gasteiger partial charge in [-0.15, -0.1) is 0 Å². The molecule has 2 heterocycles. The van der Waals surface area contributed by atoms with Crippen LogP contribution in [0, 0.1) is 0 Å². The van der Waals surface area contributed by atoms with E-state index in [0.29, 0.717) is 11.4 Å². The molecule has 4 heteroatoms. The van der Waals surface area contributed by atoms with Crippen molar-refractivity contribution in [2.24, 2.45) is 0 Å². The molecule has 0 bridgehead atoms. The minimum Gasteiger partial charge on any atom is -0.370 e. The van der Waals surface area contributed by atoms with E-state index in [0.717, 1.165) is 25.7 Å². The molecule has 1 fully saturated rings. The molecule has 1 aromatic heterocycles. The van der Waals surface area contributed by atoms with Gasteiger partial charge in [-0.05, 0) is 12.8 Å². The second-order valence-electron chi connectivity index (χ2n) is 2.99. The highest BCUT2D eigenvalue weighted by Crippen LogP contribution is 2.25. The van der Waals surface area contributed by atoms with Crippen molar-refractivity contribution in [1.82, 2.24) is 9.97 Å². The highest BCUT2D eigenvalue weighted by Gasteiger charge is 2.19. The molecule has 2 rings (SSSR count). The Morgan fingerprint density at radius 1 is 1.46 bits per heavy atom. The normalized spacial score (nSPS) is 21.7. The first-order valence-corrected chi connectivity index (χ1v) is 4.29. The van der Waals surface area contributed by atoms with Gasteiger partial charge in [0.05, 0.1) is 5.56 Å². The van der Waals surface area contributed by atoms with Gasteiger partial charge in [0.25, 0.3) is 0 Å². The quantitative estimate of drug-likeness (QED) is 0.637. The molecule has 0 N–H and O–H groups in total. The molecular formula is C9H10N2O2. The smallest absolute Gasteiger partial charge is 0.157 e. The number of hydrogen-bond donors (Lipinski definition) is 0. The Kier molecular flexibility index (Phi) is 2.31. The van der Waals surface area contributed by atoms with Gasteiger partial charge < -0.3 is 4.74 Å². The van der Waals surface area contributed by atoms with Crippen LogP contribution in [0.2, 0.25) is 0 Å². The second kappa shape index (κ2) is 3.62. The zero-order valence-electron chi connectivity index (χ0n) is 7.14. The summed E-state index contributed by atoms with van der Waals surface area (Å²) in [7, 11) is 0. The summed E-state index contributed by atoms with van der Waals surface area (Å²) < 4.78 is 5.40. The van der Waals surface area contributed by atoms with Crippen molar-refractivity contribution in [3.05, 3.63) is 23.8 Å². The van der Waals surface area contributed by atoms with Crippen molar-refractivity contribution >= 4 is 6.29 Å². The zero-order chi connectivity index (χ0) is 9.10. The number of nitrogens with zero attached hydrogens (tertiary/aromatic N) is 2. The molecule has 1 aliphatic rings. The van der Waals surface area contributed by atoms with Crippen molar-refractivity contribution in [2.45, 2.75) is 18.9 Å². The molecule has 1 saturated heterocycles. The lowest BCUT2D eigenvalue weighted by Gasteiger charge is -2.06. The van der Waals surface area contributed by atoms with Crippen LogP contribution in [0.5, 0.6) is 0 Å². The summed E-state index contributed by atoms with van der Waals surface area (Å²) in [6, 6.07) is 0. The van der Waals surface area contributed by atoms with E-state index < -0.39 is 0 Å². The number of hydrogen-bond acceptors (Lipinski definition) is 4. The third kappa shape index (κ3) is 1.72. The van der Waals surface area contributed by atoms with Crippen molar-refractivity contribution in [3.63, 3.8) is 0 Å². The summed E-state index contributed by atoms with van der Waals surface area (Å²) in [6.07, 6.45) is 5.85.